The third-order valence-corrected chi connectivity index (χ3v) is 5.28. The van der Waals surface area contributed by atoms with Gasteiger partial charge in [-0.15, -0.1) is 5.10 Å². The van der Waals surface area contributed by atoms with E-state index in [0.717, 1.165) is 32.6 Å². The molecule has 1 aromatic carbocycles. The molecule has 2 fully saturated rings. The molecule has 4 heterocycles. The summed E-state index contributed by atoms with van der Waals surface area (Å²) in [4.78, 5) is 8.84. The molecule has 0 radical (unpaired) electrons. The van der Waals surface area contributed by atoms with Gasteiger partial charge in [0.2, 0.25) is 5.65 Å². The van der Waals surface area contributed by atoms with Crippen molar-refractivity contribution in [1.82, 2.24) is 29.9 Å². The number of rotatable bonds is 1. The molecule has 0 aliphatic carbocycles. The van der Waals surface area contributed by atoms with Gasteiger partial charge >= 0.3 is 0 Å². The Kier molecular flexibility index (Phi) is 3.27. The number of hydrogen-bond donors (Lipinski definition) is 0. The van der Waals surface area contributed by atoms with Crippen LogP contribution < -0.4 is 4.90 Å². The van der Waals surface area contributed by atoms with E-state index in [1.54, 1.807) is 6.07 Å². The normalized spacial score (nSPS) is 20.7. The number of nitriles is 1. The van der Waals surface area contributed by atoms with Gasteiger partial charge in [-0.1, -0.05) is 0 Å². The molecule has 2 aliphatic rings. The van der Waals surface area contributed by atoms with E-state index in [9.17, 15) is 8.78 Å². The van der Waals surface area contributed by atoms with Crippen molar-refractivity contribution in [2.45, 2.75) is 18.9 Å². The van der Waals surface area contributed by atoms with Crippen molar-refractivity contribution in [3.63, 3.8) is 0 Å². The van der Waals surface area contributed by atoms with Crippen LogP contribution in [0.25, 0.3) is 16.7 Å². The molecule has 0 spiro atoms. The molecular weight excluding hydrogens is 342 g/mol. The fourth-order valence-electron chi connectivity index (χ4n) is 3.99. The Morgan fingerprint density at radius 3 is 2.92 bits per heavy atom. The number of benzene rings is 1. The summed E-state index contributed by atoms with van der Waals surface area (Å²) in [6.07, 6.45) is 2.28. The fourth-order valence-corrected chi connectivity index (χ4v) is 3.99. The van der Waals surface area contributed by atoms with E-state index in [4.69, 9.17) is 5.26 Å². The fraction of sp³-hybridized carbons (Fsp3) is 0.438. The summed E-state index contributed by atoms with van der Waals surface area (Å²) in [6, 6.07) is 3.30. The zero-order valence-corrected chi connectivity index (χ0v) is 13.7. The summed E-state index contributed by atoms with van der Waals surface area (Å²) < 4.78 is 30.0. The number of fused-ring (bicyclic) bond motifs is 4. The average Bonchev–Trinajstić information content (AvgIpc) is 3.32. The minimum absolute atomic E-state index is 0.170. The lowest BCUT2D eigenvalue weighted by molar-refractivity contribution is 0.230. The molecular formula is C16H14F2N8. The molecule has 2 aliphatic heterocycles. The van der Waals surface area contributed by atoms with Gasteiger partial charge < -0.3 is 4.90 Å². The number of nitrogens with zero attached hydrogens (tertiary/aromatic N) is 8. The van der Waals surface area contributed by atoms with Crippen molar-refractivity contribution in [3.05, 3.63) is 23.3 Å². The minimum Gasteiger partial charge on any atom is -0.351 e. The van der Waals surface area contributed by atoms with Crippen molar-refractivity contribution in [2.24, 2.45) is 0 Å². The molecule has 26 heavy (non-hydrogen) atoms. The average molecular weight is 356 g/mol. The first-order valence-corrected chi connectivity index (χ1v) is 8.46. The highest BCUT2D eigenvalue weighted by Crippen LogP contribution is 2.30. The Balaban J connectivity index is 1.71. The maximum absolute atomic E-state index is 14.5. The SMILES string of the molecule is N#Cc1cc2c(nc(N3CCN4CCCC4C3)c3nnnn32)c(F)c1F. The van der Waals surface area contributed by atoms with E-state index in [1.165, 1.54) is 17.0 Å². The summed E-state index contributed by atoms with van der Waals surface area (Å²) in [5, 5.41) is 20.6. The van der Waals surface area contributed by atoms with Crippen molar-refractivity contribution in [2.75, 3.05) is 31.1 Å². The molecule has 0 N–H and O–H groups in total. The Morgan fingerprint density at radius 1 is 1.19 bits per heavy atom. The monoisotopic (exact) mass is 356 g/mol. The van der Waals surface area contributed by atoms with Gasteiger partial charge in [0.25, 0.3) is 0 Å². The van der Waals surface area contributed by atoms with Gasteiger partial charge in [-0.05, 0) is 35.9 Å². The van der Waals surface area contributed by atoms with Gasteiger partial charge in [-0.2, -0.15) is 9.78 Å². The third kappa shape index (κ3) is 2.07. The van der Waals surface area contributed by atoms with E-state index < -0.39 is 17.2 Å². The number of halogens is 2. The van der Waals surface area contributed by atoms with E-state index in [1.807, 2.05) is 4.90 Å². The molecule has 10 heteroatoms. The largest absolute Gasteiger partial charge is 0.351 e. The van der Waals surface area contributed by atoms with E-state index in [2.05, 4.69) is 25.4 Å². The van der Waals surface area contributed by atoms with Crippen LogP contribution in [0.5, 0.6) is 0 Å². The molecule has 2 aromatic heterocycles. The smallest absolute Gasteiger partial charge is 0.222 e. The maximum Gasteiger partial charge on any atom is 0.222 e. The summed E-state index contributed by atoms with van der Waals surface area (Å²) in [7, 11) is 0. The summed E-state index contributed by atoms with van der Waals surface area (Å²) >= 11 is 0. The highest BCUT2D eigenvalue weighted by molar-refractivity contribution is 5.84. The van der Waals surface area contributed by atoms with Gasteiger partial charge in [0.1, 0.15) is 11.6 Å². The molecule has 3 aromatic rings. The first kappa shape index (κ1) is 15.3. The van der Waals surface area contributed by atoms with Crippen LogP contribution in [0.2, 0.25) is 0 Å². The number of hydrogen-bond acceptors (Lipinski definition) is 7. The molecule has 0 amide bonds. The summed E-state index contributed by atoms with van der Waals surface area (Å²) in [5.41, 5.74) is -0.0337. The number of piperazine rings is 1. The predicted octanol–water partition coefficient (Wildman–Crippen LogP) is 1.11. The Bertz CT molecular complexity index is 1070. The van der Waals surface area contributed by atoms with E-state index >= 15 is 0 Å². The van der Waals surface area contributed by atoms with Crippen molar-refractivity contribution < 1.29 is 8.78 Å². The maximum atomic E-state index is 14.5. The molecule has 2 saturated heterocycles. The highest BCUT2D eigenvalue weighted by atomic mass is 19.2. The summed E-state index contributed by atoms with van der Waals surface area (Å²) in [6.45, 7) is 3.46. The summed E-state index contributed by atoms with van der Waals surface area (Å²) in [5.74, 6) is -1.92. The zero-order chi connectivity index (χ0) is 17.8. The van der Waals surface area contributed by atoms with Crippen LogP contribution in [0.4, 0.5) is 14.6 Å². The van der Waals surface area contributed by atoms with Crippen LogP contribution in [0, 0.1) is 23.0 Å². The second kappa shape index (κ2) is 5.54. The third-order valence-electron chi connectivity index (χ3n) is 5.28. The molecule has 1 unspecified atom stereocenters. The van der Waals surface area contributed by atoms with Gasteiger partial charge in [0.05, 0.1) is 11.1 Å². The second-order valence-corrected chi connectivity index (χ2v) is 6.66. The lowest BCUT2D eigenvalue weighted by Crippen LogP contribution is -2.50. The van der Waals surface area contributed by atoms with Crippen molar-refractivity contribution in [1.29, 1.82) is 5.26 Å². The molecule has 132 valence electrons. The van der Waals surface area contributed by atoms with Crippen molar-refractivity contribution >= 4 is 22.5 Å². The Morgan fingerprint density at radius 2 is 2.08 bits per heavy atom. The zero-order valence-electron chi connectivity index (χ0n) is 13.7. The Labute approximate surface area is 146 Å². The Hall–Kier alpha value is -2.93. The number of anilines is 1. The van der Waals surface area contributed by atoms with Gasteiger partial charge in [-0.25, -0.2) is 13.8 Å². The molecule has 5 rings (SSSR count). The highest BCUT2D eigenvalue weighted by Gasteiger charge is 2.33. The lowest BCUT2D eigenvalue weighted by atomic mass is 10.1. The molecule has 1 atom stereocenters. The van der Waals surface area contributed by atoms with E-state index in [0.29, 0.717) is 17.5 Å². The molecule has 8 nitrogen and oxygen atoms in total. The van der Waals surface area contributed by atoms with Crippen LogP contribution in [-0.4, -0.2) is 62.1 Å². The minimum atomic E-state index is -1.20. The lowest BCUT2D eigenvalue weighted by Gasteiger charge is -2.38. The first-order valence-electron chi connectivity index (χ1n) is 8.46. The van der Waals surface area contributed by atoms with Gasteiger partial charge in [0.15, 0.2) is 17.5 Å². The van der Waals surface area contributed by atoms with Crippen LogP contribution in [0.1, 0.15) is 18.4 Å². The topological polar surface area (TPSA) is 86.2 Å². The molecule has 0 bridgehead atoms. The van der Waals surface area contributed by atoms with E-state index in [-0.39, 0.29) is 11.0 Å². The second-order valence-electron chi connectivity index (χ2n) is 6.66. The number of tetrazole rings is 1. The van der Waals surface area contributed by atoms with Crippen LogP contribution in [0.3, 0.4) is 0 Å². The van der Waals surface area contributed by atoms with Crippen LogP contribution >= 0.6 is 0 Å². The van der Waals surface area contributed by atoms with Crippen molar-refractivity contribution in [3.8, 4) is 6.07 Å². The first-order chi connectivity index (χ1) is 12.7. The quantitative estimate of drug-likeness (QED) is 0.645. The van der Waals surface area contributed by atoms with Gasteiger partial charge in [-0.3, -0.25) is 4.90 Å². The predicted molar refractivity (Wildman–Crippen MR) is 87.5 cm³/mol. The van der Waals surface area contributed by atoms with Gasteiger partial charge in [0, 0.05) is 25.7 Å². The number of aromatic nitrogens is 5. The van der Waals surface area contributed by atoms with Crippen LogP contribution in [-0.2, 0) is 0 Å². The molecule has 0 saturated carbocycles. The standard InChI is InChI=1S/C16H14F2N8/c17-12-9(7-19)6-11-14(13(12)18)20-15(16-21-22-23-26(11)16)25-5-4-24-3-1-2-10(24)8-25/h6,10H,1-5,8H2. The van der Waals surface area contributed by atoms with Crippen LogP contribution in [0.15, 0.2) is 6.07 Å².